The third-order valence-corrected chi connectivity index (χ3v) is 4.15. The van der Waals surface area contributed by atoms with E-state index in [1.807, 2.05) is 0 Å². The van der Waals surface area contributed by atoms with Crippen LogP contribution in [0.3, 0.4) is 0 Å². The second-order valence-electron chi connectivity index (χ2n) is 5.64. The summed E-state index contributed by atoms with van der Waals surface area (Å²) in [5.41, 5.74) is -0.210. The fourth-order valence-electron chi connectivity index (χ4n) is 2.85. The predicted molar refractivity (Wildman–Crippen MR) is 98.8 cm³/mol. The van der Waals surface area contributed by atoms with Crippen LogP contribution in [-0.4, -0.2) is 19.2 Å². The van der Waals surface area contributed by atoms with Crippen LogP contribution in [0.1, 0.15) is 5.56 Å². The van der Waals surface area contributed by atoms with Gasteiger partial charge < -0.3 is 9.47 Å². The first-order valence-corrected chi connectivity index (χ1v) is 8.06. The molecule has 0 aliphatic carbocycles. The van der Waals surface area contributed by atoms with Crippen molar-refractivity contribution in [1.29, 1.82) is 10.5 Å². The molecule has 1 aromatic heterocycles. The summed E-state index contributed by atoms with van der Waals surface area (Å²) in [5, 5.41) is 18.5. The summed E-state index contributed by atoms with van der Waals surface area (Å²) in [6.07, 6.45) is 0. The highest BCUT2D eigenvalue weighted by Gasteiger charge is 2.20. The molecule has 3 aromatic rings. The van der Waals surface area contributed by atoms with Crippen LogP contribution in [0.5, 0.6) is 5.75 Å². The molecule has 2 aromatic carbocycles. The lowest BCUT2D eigenvalue weighted by Gasteiger charge is -2.13. The van der Waals surface area contributed by atoms with Gasteiger partial charge in [-0.1, -0.05) is 12.1 Å². The molecule has 0 saturated heterocycles. The molecule has 0 aliphatic heterocycles. The minimum Gasteiger partial charge on any atom is -0.496 e. The Hall–Kier alpha value is -3.97. The van der Waals surface area contributed by atoms with Crippen LogP contribution >= 0.6 is 0 Å². The minimum absolute atomic E-state index is 0.0973. The maximum Gasteiger partial charge on any atom is 0.172 e. The van der Waals surface area contributed by atoms with Crippen LogP contribution in [-0.2, 0) is 4.74 Å². The van der Waals surface area contributed by atoms with Crippen LogP contribution in [0.15, 0.2) is 48.0 Å². The van der Waals surface area contributed by atoms with E-state index in [4.69, 9.17) is 20.0 Å². The number of rotatable bonds is 4. The van der Waals surface area contributed by atoms with Crippen molar-refractivity contribution in [3.8, 4) is 29.1 Å². The Labute approximate surface area is 159 Å². The van der Waals surface area contributed by atoms with Crippen molar-refractivity contribution < 1.29 is 18.3 Å². The van der Waals surface area contributed by atoms with Gasteiger partial charge in [-0.05, 0) is 24.3 Å². The Bertz CT molecular complexity index is 1170. The average Bonchev–Trinajstić information content (AvgIpc) is 2.72. The number of ether oxygens (including phenoxy) is 2. The molecule has 0 spiro atoms. The lowest BCUT2D eigenvalue weighted by molar-refractivity contribution is 0.366. The quantitative estimate of drug-likeness (QED) is 0.491. The number of nitriles is 2. The molecule has 0 N–H and O–H groups in total. The maximum atomic E-state index is 15.3. The number of methoxy groups -OCH3 is 2. The summed E-state index contributed by atoms with van der Waals surface area (Å²) >= 11 is 0. The average molecular weight is 377 g/mol. The predicted octanol–water partition coefficient (Wildman–Crippen LogP) is 4.59. The summed E-state index contributed by atoms with van der Waals surface area (Å²) in [6.45, 7) is 0. The largest absolute Gasteiger partial charge is 0.496 e. The maximum absolute atomic E-state index is 15.3. The second kappa shape index (κ2) is 7.73. The van der Waals surface area contributed by atoms with Crippen LogP contribution in [0, 0.1) is 34.3 Å². The number of allylic oxidation sites excluding steroid dienone is 1. The molecule has 0 unspecified atom stereocenters. The van der Waals surface area contributed by atoms with Gasteiger partial charge in [-0.25, -0.2) is 13.8 Å². The summed E-state index contributed by atoms with van der Waals surface area (Å²) in [6, 6.07) is 13.8. The number of nitrogens with zero attached hydrogens (tertiary/aromatic N) is 3. The third kappa shape index (κ3) is 3.10. The van der Waals surface area contributed by atoms with Crippen LogP contribution in [0.4, 0.5) is 8.78 Å². The second-order valence-corrected chi connectivity index (χ2v) is 5.64. The molecule has 5 nitrogen and oxygen atoms in total. The summed E-state index contributed by atoms with van der Waals surface area (Å²) < 4.78 is 39.9. The third-order valence-electron chi connectivity index (χ3n) is 4.15. The zero-order valence-corrected chi connectivity index (χ0v) is 15.0. The van der Waals surface area contributed by atoms with Crippen LogP contribution < -0.4 is 4.74 Å². The van der Waals surface area contributed by atoms with Gasteiger partial charge in [0.05, 0.1) is 25.5 Å². The number of hydrogen-bond acceptors (Lipinski definition) is 5. The van der Waals surface area contributed by atoms with Gasteiger partial charge in [-0.2, -0.15) is 10.5 Å². The van der Waals surface area contributed by atoms with Gasteiger partial charge in [0.2, 0.25) is 0 Å². The lowest BCUT2D eigenvalue weighted by Crippen LogP contribution is -2.00. The lowest BCUT2D eigenvalue weighted by atomic mass is 10.0. The molecule has 7 heteroatoms. The molecule has 1 heterocycles. The van der Waals surface area contributed by atoms with Crippen molar-refractivity contribution in [2.75, 3.05) is 14.2 Å². The van der Waals surface area contributed by atoms with E-state index >= 15 is 4.39 Å². The van der Waals surface area contributed by atoms with Crippen molar-refractivity contribution in [2.24, 2.45) is 0 Å². The number of fused-ring (bicyclic) bond motifs is 1. The smallest absolute Gasteiger partial charge is 0.172 e. The molecular weight excluding hydrogens is 364 g/mol. The Morgan fingerprint density at radius 2 is 1.75 bits per heavy atom. The highest BCUT2D eigenvalue weighted by molar-refractivity contribution is 5.91. The first-order chi connectivity index (χ1) is 13.5. The van der Waals surface area contributed by atoms with Gasteiger partial charge in [0.1, 0.15) is 29.2 Å². The van der Waals surface area contributed by atoms with E-state index < -0.39 is 11.6 Å². The Kier molecular flexibility index (Phi) is 5.19. The van der Waals surface area contributed by atoms with E-state index in [0.717, 1.165) is 0 Å². The number of halogens is 2. The first kappa shape index (κ1) is 18.8. The normalized spacial score (nSPS) is 10.1. The summed E-state index contributed by atoms with van der Waals surface area (Å²) in [4.78, 5) is 4.26. The molecule has 138 valence electrons. The molecule has 0 bridgehead atoms. The van der Waals surface area contributed by atoms with Gasteiger partial charge in [0.25, 0.3) is 0 Å². The molecule has 3 rings (SSSR count). The summed E-state index contributed by atoms with van der Waals surface area (Å²) in [7, 11) is 2.65. The number of hydrogen-bond donors (Lipinski definition) is 0. The van der Waals surface area contributed by atoms with Gasteiger partial charge in [-0.3, -0.25) is 0 Å². The van der Waals surface area contributed by atoms with Gasteiger partial charge in [-0.15, -0.1) is 0 Å². The van der Waals surface area contributed by atoms with Crippen molar-refractivity contribution in [3.63, 3.8) is 0 Å². The molecule has 0 radical (unpaired) electrons. The van der Waals surface area contributed by atoms with E-state index in [9.17, 15) is 4.39 Å². The van der Waals surface area contributed by atoms with Crippen molar-refractivity contribution in [3.05, 3.63) is 65.2 Å². The fraction of sp³-hybridized carbons (Fsp3) is 0.0952. The first-order valence-electron chi connectivity index (χ1n) is 8.06. The number of pyridine rings is 1. The monoisotopic (exact) mass is 377 g/mol. The van der Waals surface area contributed by atoms with Crippen molar-refractivity contribution >= 4 is 16.7 Å². The highest BCUT2D eigenvalue weighted by atomic mass is 19.1. The summed E-state index contributed by atoms with van der Waals surface area (Å²) in [5.74, 6) is -1.23. The van der Waals surface area contributed by atoms with Gasteiger partial charge in [0.15, 0.2) is 17.1 Å². The standard InChI is InChI=1S/C21H13F2N3O2/c1-27-18-9-17(13-5-3-4-6-16(13)22)26-20-14(18)7-8-15(19(20)23)21(28-2)12(10-24)11-25/h3-9H,1-2H3. The fourth-order valence-corrected chi connectivity index (χ4v) is 2.85. The molecule has 0 atom stereocenters. The topological polar surface area (TPSA) is 78.9 Å². The van der Waals surface area contributed by atoms with Gasteiger partial charge >= 0.3 is 0 Å². The molecule has 0 saturated carbocycles. The minimum atomic E-state index is -0.811. The Morgan fingerprint density at radius 1 is 1.04 bits per heavy atom. The van der Waals surface area contributed by atoms with Gasteiger partial charge in [0, 0.05) is 17.0 Å². The highest BCUT2D eigenvalue weighted by Crippen LogP contribution is 2.35. The molecule has 0 aliphatic rings. The number of aromatic nitrogens is 1. The van der Waals surface area contributed by atoms with E-state index in [1.165, 1.54) is 50.6 Å². The molecular formula is C21H13F2N3O2. The van der Waals surface area contributed by atoms with E-state index in [-0.39, 0.29) is 33.7 Å². The van der Waals surface area contributed by atoms with E-state index in [2.05, 4.69) is 4.98 Å². The molecule has 0 fully saturated rings. The van der Waals surface area contributed by atoms with Crippen molar-refractivity contribution in [1.82, 2.24) is 4.98 Å². The van der Waals surface area contributed by atoms with Crippen LogP contribution in [0.2, 0.25) is 0 Å². The molecule has 28 heavy (non-hydrogen) atoms. The SMILES string of the molecule is COC(=C(C#N)C#N)c1ccc2c(OC)cc(-c3ccccc3F)nc2c1F. The molecule has 0 amide bonds. The van der Waals surface area contributed by atoms with Crippen LogP contribution in [0.25, 0.3) is 27.9 Å². The Balaban J connectivity index is 2.36. The number of benzene rings is 2. The zero-order chi connectivity index (χ0) is 20.3. The Morgan fingerprint density at radius 3 is 2.36 bits per heavy atom. The van der Waals surface area contributed by atoms with E-state index in [0.29, 0.717) is 11.1 Å². The zero-order valence-electron chi connectivity index (χ0n) is 15.0. The van der Waals surface area contributed by atoms with E-state index in [1.54, 1.807) is 18.2 Å². The van der Waals surface area contributed by atoms with Crippen molar-refractivity contribution in [2.45, 2.75) is 0 Å².